The van der Waals surface area contributed by atoms with Gasteiger partial charge in [0, 0.05) is 30.1 Å². The van der Waals surface area contributed by atoms with Crippen molar-refractivity contribution in [2.24, 2.45) is 17.6 Å². The predicted molar refractivity (Wildman–Crippen MR) is 125 cm³/mol. The summed E-state index contributed by atoms with van der Waals surface area (Å²) >= 11 is 6.58. The lowest BCUT2D eigenvalue weighted by Crippen LogP contribution is -2.56. The molecule has 9 nitrogen and oxygen atoms in total. The molecule has 10 heteroatoms. The summed E-state index contributed by atoms with van der Waals surface area (Å²) in [7, 11) is 0. The molecule has 3 heterocycles. The number of hydrogen-bond acceptors (Lipinski definition) is 9. The number of anilines is 2. The maximum absolute atomic E-state index is 10.9. The Morgan fingerprint density at radius 2 is 2.06 bits per heavy atom. The fraction of sp³-hybridized carbons (Fsp3) is 0.773. The Labute approximate surface area is 195 Å². The first kappa shape index (κ1) is 23.5. The van der Waals surface area contributed by atoms with Crippen molar-refractivity contribution in [3.8, 4) is 6.07 Å². The molecular weight excluding hydrogens is 428 g/mol. The number of fused-ring (bicyclic) bond motifs is 2. The lowest BCUT2D eigenvalue weighted by Gasteiger charge is -2.34. The molecule has 7 atom stereocenters. The highest BCUT2D eigenvalue weighted by Gasteiger charge is 2.49. The van der Waals surface area contributed by atoms with E-state index in [1.807, 2.05) is 20.8 Å². The maximum Gasteiger partial charge on any atom is 0.166 e. The molecule has 1 aromatic rings. The molecular formula is C22H35ClN8O. The Bertz CT molecular complexity index is 848. The highest BCUT2D eigenvalue weighted by molar-refractivity contribution is 6.21. The lowest BCUT2D eigenvalue weighted by molar-refractivity contribution is -0.0433. The normalized spacial score (nSPS) is 32.2. The Morgan fingerprint density at radius 1 is 1.28 bits per heavy atom. The van der Waals surface area contributed by atoms with E-state index in [0.29, 0.717) is 6.42 Å². The molecule has 0 amide bonds. The van der Waals surface area contributed by atoms with Gasteiger partial charge in [-0.1, -0.05) is 13.8 Å². The van der Waals surface area contributed by atoms with E-state index in [0.717, 1.165) is 49.4 Å². The molecule has 1 aliphatic carbocycles. The van der Waals surface area contributed by atoms with Crippen molar-refractivity contribution >= 4 is 23.2 Å². The number of aromatic nitrogens is 2. The van der Waals surface area contributed by atoms with Crippen LogP contribution in [0.4, 0.5) is 11.6 Å². The number of nitriles is 1. The summed E-state index contributed by atoms with van der Waals surface area (Å²) < 4.78 is 0. The number of piperidine rings is 1. The van der Waals surface area contributed by atoms with Gasteiger partial charge in [-0.3, -0.25) is 5.32 Å². The van der Waals surface area contributed by atoms with E-state index < -0.39 is 6.35 Å². The van der Waals surface area contributed by atoms with Gasteiger partial charge in [-0.15, -0.1) is 11.6 Å². The zero-order valence-electron chi connectivity index (χ0n) is 19.1. The molecule has 0 aromatic carbocycles. The number of halogens is 1. The van der Waals surface area contributed by atoms with Gasteiger partial charge in [0.1, 0.15) is 18.0 Å². The lowest BCUT2D eigenvalue weighted by atomic mass is 9.86. The van der Waals surface area contributed by atoms with Crippen LogP contribution in [0.15, 0.2) is 6.33 Å². The second kappa shape index (κ2) is 9.65. The first-order valence-corrected chi connectivity index (χ1v) is 12.1. The number of nitrogens with zero attached hydrogens (tertiary/aromatic N) is 5. The van der Waals surface area contributed by atoms with Gasteiger partial charge in [0.15, 0.2) is 6.35 Å². The van der Waals surface area contributed by atoms with Crippen molar-refractivity contribution in [2.45, 2.75) is 89.0 Å². The summed E-state index contributed by atoms with van der Waals surface area (Å²) in [6.07, 6.45) is 5.00. The standard InChI is InChI=1S/C22H35ClN8O/c1-12(2)19(25)29-22(32)31-15-5-7-18(31)30(10-15)21-13(3)20(26-11-27-21)28-17-6-4-14(9-24)8-16(17)23/h11-12,14-19,22,29,32H,4-8,10,25H2,1-3H3,(H,26,27,28). The molecule has 2 bridgehead atoms. The van der Waals surface area contributed by atoms with E-state index in [-0.39, 0.29) is 41.6 Å². The summed E-state index contributed by atoms with van der Waals surface area (Å²) in [5.41, 5.74) is 7.11. The Balaban J connectivity index is 1.48. The number of hydrogen-bond donors (Lipinski definition) is 4. The number of rotatable bonds is 7. The number of nitrogens with two attached hydrogens (primary N) is 1. The Kier molecular flexibility index (Phi) is 7.08. The summed E-state index contributed by atoms with van der Waals surface area (Å²) in [5, 5.41) is 26.6. The smallest absolute Gasteiger partial charge is 0.166 e. The zero-order chi connectivity index (χ0) is 23.0. The number of nitrogens with one attached hydrogen (secondary N) is 2. The van der Waals surface area contributed by atoms with Crippen molar-refractivity contribution in [3.63, 3.8) is 0 Å². The molecule has 4 rings (SSSR count). The van der Waals surface area contributed by atoms with Gasteiger partial charge in [-0.25, -0.2) is 14.9 Å². The largest absolute Gasteiger partial charge is 0.365 e. The summed E-state index contributed by atoms with van der Waals surface area (Å²) in [6, 6.07) is 2.67. The molecule has 1 saturated carbocycles. The maximum atomic E-state index is 10.9. The molecule has 2 aliphatic heterocycles. The number of alkyl halides is 1. The van der Waals surface area contributed by atoms with Crippen LogP contribution in [-0.2, 0) is 0 Å². The summed E-state index contributed by atoms with van der Waals surface area (Å²) in [5.74, 6) is 1.94. The molecule has 0 spiro atoms. The highest BCUT2D eigenvalue weighted by atomic mass is 35.5. The van der Waals surface area contributed by atoms with Crippen LogP contribution >= 0.6 is 11.6 Å². The van der Waals surface area contributed by atoms with Gasteiger partial charge >= 0.3 is 0 Å². The van der Waals surface area contributed by atoms with Crippen molar-refractivity contribution in [1.82, 2.24) is 20.2 Å². The van der Waals surface area contributed by atoms with Crippen molar-refractivity contribution in [1.29, 1.82) is 5.26 Å². The zero-order valence-corrected chi connectivity index (χ0v) is 19.8. The monoisotopic (exact) mass is 462 g/mol. The predicted octanol–water partition coefficient (Wildman–Crippen LogP) is 1.91. The van der Waals surface area contributed by atoms with Crippen LogP contribution in [-0.4, -0.2) is 62.7 Å². The molecule has 1 aromatic heterocycles. The SMILES string of the molecule is Cc1c(NC2CCC(C#N)CC2Cl)ncnc1N1CC2CCC1N2C(O)NC(N)C(C)C. The minimum atomic E-state index is -0.790. The Hall–Kier alpha value is -1.70. The molecule has 176 valence electrons. The van der Waals surface area contributed by atoms with E-state index in [2.05, 4.69) is 36.5 Å². The first-order chi connectivity index (χ1) is 15.3. The summed E-state index contributed by atoms with van der Waals surface area (Å²) in [6.45, 7) is 6.91. The van der Waals surface area contributed by atoms with E-state index in [1.54, 1.807) is 6.33 Å². The van der Waals surface area contributed by atoms with Gasteiger partial charge < -0.3 is 21.1 Å². The molecule has 3 fully saturated rings. The van der Waals surface area contributed by atoms with E-state index in [1.165, 1.54) is 0 Å². The van der Waals surface area contributed by atoms with Crippen LogP contribution in [0.1, 0.15) is 51.5 Å². The topological polar surface area (TPSA) is 126 Å². The minimum absolute atomic E-state index is 0.0348. The number of aliphatic hydroxyl groups excluding tert-OH is 1. The quantitative estimate of drug-likeness (QED) is 0.355. The van der Waals surface area contributed by atoms with Gasteiger partial charge in [0.05, 0.1) is 23.8 Å². The van der Waals surface area contributed by atoms with Crippen LogP contribution in [0.25, 0.3) is 0 Å². The molecule has 7 unspecified atom stereocenters. The average Bonchev–Trinajstić information content (AvgIpc) is 3.34. The van der Waals surface area contributed by atoms with E-state index in [4.69, 9.17) is 17.3 Å². The minimum Gasteiger partial charge on any atom is -0.365 e. The van der Waals surface area contributed by atoms with Gasteiger partial charge in [-0.05, 0) is 44.9 Å². The summed E-state index contributed by atoms with van der Waals surface area (Å²) in [4.78, 5) is 13.5. The van der Waals surface area contributed by atoms with Crippen molar-refractivity contribution in [2.75, 3.05) is 16.8 Å². The van der Waals surface area contributed by atoms with Crippen LogP contribution in [0.5, 0.6) is 0 Å². The van der Waals surface area contributed by atoms with Crippen molar-refractivity contribution < 1.29 is 5.11 Å². The van der Waals surface area contributed by atoms with Crippen LogP contribution in [0.2, 0.25) is 0 Å². The fourth-order valence-electron chi connectivity index (χ4n) is 5.22. The first-order valence-electron chi connectivity index (χ1n) is 11.7. The van der Waals surface area contributed by atoms with Crippen LogP contribution in [0, 0.1) is 30.1 Å². The highest BCUT2D eigenvalue weighted by Crippen LogP contribution is 2.40. The number of aliphatic hydroxyl groups is 1. The molecule has 2 saturated heterocycles. The third-order valence-corrected chi connectivity index (χ3v) is 7.72. The van der Waals surface area contributed by atoms with Crippen molar-refractivity contribution in [3.05, 3.63) is 11.9 Å². The average molecular weight is 463 g/mol. The fourth-order valence-corrected chi connectivity index (χ4v) is 5.63. The molecule has 5 N–H and O–H groups in total. The van der Waals surface area contributed by atoms with Crippen LogP contribution in [0.3, 0.4) is 0 Å². The third kappa shape index (κ3) is 4.52. The molecule has 32 heavy (non-hydrogen) atoms. The van der Waals surface area contributed by atoms with Gasteiger partial charge in [-0.2, -0.15) is 5.26 Å². The van der Waals surface area contributed by atoms with Crippen LogP contribution < -0.4 is 21.3 Å². The molecule has 3 aliphatic rings. The third-order valence-electron chi connectivity index (χ3n) is 7.24. The second-order valence-electron chi connectivity index (χ2n) is 9.70. The van der Waals surface area contributed by atoms with E-state index in [9.17, 15) is 10.4 Å². The Morgan fingerprint density at radius 3 is 2.75 bits per heavy atom. The van der Waals surface area contributed by atoms with Gasteiger partial charge in [0.2, 0.25) is 0 Å². The van der Waals surface area contributed by atoms with Gasteiger partial charge in [0.25, 0.3) is 0 Å². The second-order valence-corrected chi connectivity index (χ2v) is 10.3. The van der Waals surface area contributed by atoms with E-state index >= 15 is 0 Å². The molecule has 0 radical (unpaired) electrons.